The molecular formula is C15H16N4OS. The molecule has 0 radical (unpaired) electrons. The molecule has 3 rings (SSSR count). The number of amides is 1. The summed E-state index contributed by atoms with van der Waals surface area (Å²) < 4.78 is 0. The third-order valence-corrected chi connectivity index (χ3v) is 4.67. The van der Waals surface area contributed by atoms with Crippen LogP contribution >= 0.6 is 11.3 Å². The van der Waals surface area contributed by atoms with Crippen molar-refractivity contribution in [2.75, 3.05) is 0 Å². The zero-order chi connectivity index (χ0) is 14.8. The van der Waals surface area contributed by atoms with Gasteiger partial charge in [0.1, 0.15) is 5.01 Å². The fraction of sp³-hybridized carbons (Fsp3) is 0.267. The van der Waals surface area contributed by atoms with E-state index in [-0.39, 0.29) is 11.9 Å². The number of carbonyl (C=O) groups excluding carboxylic acids is 1. The van der Waals surface area contributed by atoms with Crippen LogP contribution in [0.3, 0.4) is 0 Å². The summed E-state index contributed by atoms with van der Waals surface area (Å²) in [6.07, 6.45) is 4.58. The summed E-state index contributed by atoms with van der Waals surface area (Å²) in [5.41, 5.74) is 1.48. The molecule has 1 aromatic carbocycles. The van der Waals surface area contributed by atoms with E-state index in [9.17, 15) is 4.79 Å². The molecule has 0 bridgehead atoms. The van der Waals surface area contributed by atoms with Crippen LogP contribution in [0.4, 0.5) is 0 Å². The first kappa shape index (κ1) is 13.8. The van der Waals surface area contributed by atoms with Crippen molar-refractivity contribution < 1.29 is 4.79 Å². The van der Waals surface area contributed by atoms with E-state index < -0.39 is 0 Å². The Hall–Kier alpha value is -2.21. The molecule has 2 aromatic heterocycles. The van der Waals surface area contributed by atoms with Crippen LogP contribution in [-0.4, -0.2) is 21.1 Å². The predicted molar refractivity (Wildman–Crippen MR) is 83.5 cm³/mol. The smallest absolute Gasteiger partial charge is 0.251 e. The summed E-state index contributed by atoms with van der Waals surface area (Å²) in [6.45, 7) is 4.05. The van der Waals surface area contributed by atoms with Gasteiger partial charge in [-0.15, -0.1) is 11.3 Å². The molecule has 1 amide bonds. The number of hydrogen-bond acceptors (Lipinski definition) is 4. The van der Waals surface area contributed by atoms with E-state index in [0.29, 0.717) is 5.56 Å². The Kier molecular flexibility index (Phi) is 3.70. The third kappa shape index (κ3) is 2.80. The van der Waals surface area contributed by atoms with E-state index in [1.165, 1.54) is 4.88 Å². The topological polar surface area (TPSA) is 70.7 Å². The zero-order valence-electron chi connectivity index (χ0n) is 11.9. The van der Waals surface area contributed by atoms with Gasteiger partial charge in [0, 0.05) is 22.0 Å². The lowest BCUT2D eigenvalue weighted by Crippen LogP contribution is -2.26. The Morgan fingerprint density at radius 3 is 3.05 bits per heavy atom. The lowest BCUT2D eigenvalue weighted by atomic mass is 10.1. The van der Waals surface area contributed by atoms with Gasteiger partial charge in [0.05, 0.1) is 17.8 Å². The van der Waals surface area contributed by atoms with E-state index in [1.54, 1.807) is 23.6 Å². The highest BCUT2D eigenvalue weighted by Crippen LogP contribution is 2.21. The van der Waals surface area contributed by atoms with Crippen molar-refractivity contribution in [3.63, 3.8) is 0 Å². The lowest BCUT2D eigenvalue weighted by Gasteiger charge is -2.11. The molecule has 2 N–H and O–H groups in total. The number of aromatic amines is 1. The fourth-order valence-corrected chi connectivity index (χ4v) is 2.97. The number of nitrogens with one attached hydrogen (secondary N) is 2. The third-order valence-electron chi connectivity index (χ3n) is 3.34. The first-order chi connectivity index (χ1) is 10.2. The van der Waals surface area contributed by atoms with Crippen molar-refractivity contribution in [2.45, 2.75) is 26.3 Å². The van der Waals surface area contributed by atoms with Gasteiger partial charge in [-0.1, -0.05) is 13.0 Å². The average Bonchev–Trinajstić information content (AvgIpc) is 3.15. The molecule has 21 heavy (non-hydrogen) atoms. The van der Waals surface area contributed by atoms with Crippen molar-refractivity contribution in [1.29, 1.82) is 0 Å². The van der Waals surface area contributed by atoms with Crippen LogP contribution in [0.2, 0.25) is 0 Å². The second-order valence-electron chi connectivity index (χ2n) is 4.89. The number of fused-ring (bicyclic) bond motifs is 1. The van der Waals surface area contributed by atoms with Gasteiger partial charge in [-0.3, -0.25) is 9.89 Å². The molecule has 0 aliphatic rings. The minimum Gasteiger partial charge on any atom is -0.343 e. The number of aryl methyl sites for hydroxylation is 1. The monoisotopic (exact) mass is 300 g/mol. The maximum atomic E-state index is 12.3. The van der Waals surface area contributed by atoms with Gasteiger partial charge in [0.2, 0.25) is 0 Å². The van der Waals surface area contributed by atoms with Crippen LogP contribution in [-0.2, 0) is 6.42 Å². The Morgan fingerprint density at radius 2 is 2.29 bits per heavy atom. The highest BCUT2D eigenvalue weighted by Gasteiger charge is 2.15. The number of hydrogen-bond donors (Lipinski definition) is 2. The largest absolute Gasteiger partial charge is 0.343 e. The molecule has 0 fully saturated rings. The van der Waals surface area contributed by atoms with Crippen LogP contribution in [0, 0.1) is 0 Å². The molecule has 1 atom stereocenters. The highest BCUT2D eigenvalue weighted by atomic mass is 32.1. The van der Waals surface area contributed by atoms with Crippen LogP contribution in [0.25, 0.3) is 10.9 Å². The maximum Gasteiger partial charge on any atom is 0.251 e. The van der Waals surface area contributed by atoms with Gasteiger partial charge >= 0.3 is 0 Å². The molecule has 108 valence electrons. The van der Waals surface area contributed by atoms with Crippen molar-refractivity contribution in [3.8, 4) is 0 Å². The second-order valence-corrected chi connectivity index (χ2v) is 6.03. The van der Waals surface area contributed by atoms with Gasteiger partial charge in [0.25, 0.3) is 5.91 Å². The first-order valence-electron chi connectivity index (χ1n) is 6.86. The van der Waals surface area contributed by atoms with E-state index >= 15 is 0 Å². The molecule has 0 saturated carbocycles. The second kappa shape index (κ2) is 5.65. The number of nitrogens with zero attached hydrogens (tertiary/aromatic N) is 2. The summed E-state index contributed by atoms with van der Waals surface area (Å²) in [6, 6.07) is 5.40. The van der Waals surface area contributed by atoms with E-state index in [1.807, 2.05) is 25.3 Å². The molecule has 2 heterocycles. The quantitative estimate of drug-likeness (QED) is 0.778. The summed E-state index contributed by atoms with van der Waals surface area (Å²) in [4.78, 5) is 17.9. The number of H-pyrrole nitrogens is 1. The SMILES string of the molecule is CCc1cnc(C(C)NC(=O)c2ccc3cn[nH]c3c2)s1. The molecule has 0 aliphatic heterocycles. The molecule has 6 heteroatoms. The molecular weight excluding hydrogens is 284 g/mol. The zero-order valence-corrected chi connectivity index (χ0v) is 12.7. The number of carbonyl (C=O) groups is 1. The van der Waals surface area contributed by atoms with Crippen LogP contribution in [0.5, 0.6) is 0 Å². The Bertz CT molecular complexity index is 777. The Labute approximate surface area is 126 Å². The van der Waals surface area contributed by atoms with Crippen molar-refractivity contribution >= 4 is 28.1 Å². The van der Waals surface area contributed by atoms with Crippen molar-refractivity contribution in [1.82, 2.24) is 20.5 Å². The Morgan fingerprint density at radius 1 is 1.43 bits per heavy atom. The van der Waals surface area contributed by atoms with E-state index in [2.05, 4.69) is 27.4 Å². The molecule has 0 aliphatic carbocycles. The standard InChI is InChI=1S/C15H16N4OS/c1-3-12-8-16-15(21-12)9(2)18-14(20)10-4-5-11-7-17-19-13(11)6-10/h4-9H,3H2,1-2H3,(H,17,19)(H,18,20). The van der Waals surface area contributed by atoms with Crippen molar-refractivity contribution in [2.24, 2.45) is 0 Å². The number of thiazole rings is 1. The maximum absolute atomic E-state index is 12.3. The Balaban J connectivity index is 1.75. The average molecular weight is 300 g/mol. The molecule has 0 spiro atoms. The minimum atomic E-state index is -0.104. The molecule has 5 nitrogen and oxygen atoms in total. The molecule has 1 unspecified atom stereocenters. The van der Waals surface area contributed by atoms with Gasteiger partial charge in [0.15, 0.2) is 0 Å². The summed E-state index contributed by atoms with van der Waals surface area (Å²) in [7, 11) is 0. The van der Waals surface area contributed by atoms with Crippen LogP contribution in [0.15, 0.2) is 30.6 Å². The molecule has 0 saturated heterocycles. The first-order valence-corrected chi connectivity index (χ1v) is 7.67. The van der Waals surface area contributed by atoms with Gasteiger partial charge in [-0.05, 0) is 25.5 Å². The summed E-state index contributed by atoms with van der Waals surface area (Å²) in [5.74, 6) is -0.104. The van der Waals surface area contributed by atoms with Crippen LogP contribution < -0.4 is 5.32 Å². The number of benzene rings is 1. The van der Waals surface area contributed by atoms with Gasteiger partial charge < -0.3 is 5.32 Å². The highest BCUT2D eigenvalue weighted by molar-refractivity contribution is 7.11. The minimum absolute atomic E-state index is 0.0970. The van der Waals surface area contributed by atoms with Crippen molar-refractivity contribution in [3.05, 3.63) is 46.0 Å². The van der Waals surface area contributed by atoms with Gasteiger partial charge in [-0.2, -0.15) is 5.10 Å². The normalized spacial score (nSPS) is 12.5. The van der Waals surface area contributed by atoms with E-state index in [0.717, 1.165) is 22.3 Å². The predicted octanol–water partition coefficient (Wildman–Crippen LogP) is 3.07. The van der Waals surface area contributed by atoms with Crippen LogP contribution in [0.1, 0.15) is 40.1 Å². The van der Waals surface area contributed by atoms with E-state index in [4.69, 9.17) is 0 Å². The van der Waals surface area contributed by atoms with Gasteiger partial charge in [-0.25, -0.2) is 4.98 Å². The lowest BCUT2D eigenvalue weighted by molar-refractivity contribution is 0.0940. The summed E-state index contributed by atoms with van der Waals surface area (Å²) in [5, 5.41) is 11.7. The number of rotatable bonds is 4. The fourth-order valence-electron chi connectivity index (χ4n) is 2.11. The summed E-state index contributed by atoms with van der Waals surface area (Å²) >= 11 is 1.64. The number of aromatic nitrogens is 3. The molecule has 3 aromatic rings.